The quantitative estimate of drug-likeness (QED) is 0.495. The van der Waals surface area contributed by atoms with Crippen molar-refractivity contribution < 1.29 is 9.59 Å². The maximum atomic E-state index is 13.0. The summed E-state index contributed by atoms with van der Waals surface area (Å²) < 4.78 is 2.21. The summed E-state index contributed by atoms with van der Waals surface area (Å²) in [7, 11) is 0. The van der Waals surface area contributed by atoms with E-state index in [9.17, 15) is 14.9 Å². The second kappa shape index (κ2) is 11.2. The first-order valence-electron chi connectivity index (χ1n) is 11.2. The first-order valence-corrected chi connectivity index (χ1v) is 11.6. The molecule has 2 aromatic rings. The third kappa shape index (κ3) is 6.04. The molecule has 174 valence electrons. The van der Waals surface area contributed by atoms with Crippen molar-refractivity contribution in [3.8, 4) is 6.07 Å². The summed E-state index contributed by atoms with van der Waals surface area (Å²) in [4.78, 5) is 29.0. The van der Waals surface area contributed by atoms with Crippen molar-refractivity contribution in [3.63, 3.8) is 0 Å². The van der Waals surface area contributed by atoms with Crippen molar-refractivity contribution in [2.75, 3.05) is 38.0 Å². The highest BCUT2D eigenvalue weighted by Crippen LogP contribution is 2.21. The number of rotatable bonds is 7. The minimum absolute atomic E-state index is 0.136. The van der Waals surface area contributed by atoms with E-state index in [1.165, 1.54) is 0 Å². The smallest absolute Gasteiger partial charge is 0.264 e. The molecule has 0 radical (unpaired) electrons. The van der Waals surface area contributed by atoms with Crippen molar-refractivity contribution in [2.24, 2.45) is 0 Å². The molecule has 1 saturated heterocycles. The number of aryl methyl sites for hydroxylation is 1. The number of nitrogens with one attached hydrogen (secondary N) is 1. The second-order valence-corrected chi connectivity index (χ2v) is 8.65. The standard InChI is InChI=1S/C25H30ClN5O2/c1-4-9-31-18(2)14-20(19(31)3)15-21(16-27)25(33)30-12-10-29(11-13-30)17-24(32)28-23-8-6-5-7-22(23)26/h5-8,14-15H,4,9-13,17H2,1-3H3,(H,28,32)/b21-15+. The van der Waals surface area contributed by atoms with E-state index in [0.29, 0.717) is 36.9 Å². The molecule has 0 bridgehead atoms. The number of amides is 2. The zero-order valence-corrected chi connectivity index (χ0v) is 20.2. The van der Waals surface area contributed by atoms with Crippen LogP contribution in [-0.4, -0.2) is 58.9 Å². The highest BCUT2D eigenvalue weighted by atomic mass is 35.5. The van der Waals surface area contributed by atoms with Crippen molar-refractivity contribution in [2.45, 2.75) is 33.7 Å². The molecule has 1 fully saturated rings. The van der Waals surface area contributed by atoms with Gasteiger partial charge in [-0.3, -0.25) is 14.5 Å². The molecule has 1 aromatic heterocycles. The average molecular weight is 468 g/mol. The molecule has 0 saturated carbocycles. The van der Waals surface area contributed by atoms with Crippen LogP contribution in [0.3, 0.4) is 0 Å². The monoisotopic (exact) mass is 467 g/mol. The number of hydrogen-bond donors (Lipinski definition) is 1. The Balaban J connectivity index is 1.58. The fourth-order valence-electron chi connectivity index (χ4n) is 4.07. The summed E-state index contributed by atoms with van der Waals surface area (Å²) in [6, 6.07) is 11.2. The van der Waals surface area contributed by atoms with Crippen LogP contribution in [0.2, 0.25) is 5.02 Å². The van der Waals surface area contributed by atoms with E-state index in [-0.39, 0.29) is 23.9 Å². The molecule has 33 heavy (non-hydrogen) atoms. The average Bonchev–Trinajstić information content (AvgIpc) is 3.06. The Hall–Kier alpha value is -3.08. The minimum atomic E-state index is -0.266. The lowest BCUT2D eigenvalue weighted by atomic mass is 10.1. The summed E-state index contributed by atoms with van der Waals surface area (Å²) >= 11 is 6.10. The first kappa shape index (κ1) is 24.6. The highest BCUT2D eigenvalue weighted by molar-refractivity contribution is 6.33. The van der Waals surface area contributed by atoms with Gasteiger partial charge in [-0.05, 0) is 50.1 Å². The molecule has 0 atom stereocenters. The molecule has 1 aliphatic rings. The molecule has 1 aliphatic heterocycles. The van der Waals surface area contributed by atoms with Crippen LogP contribution < -0.4 is 5.32 Å². The molecular formula is C25H30ClN5O2. The second-order valence-electron chi connectivity index (χ2n) is 8.24. The van der Waals surface area contributed by atoms with E-state index in [2.05, 4.69) is 22.9 Å². The number of anilines is 1. The molecule has 8 heteroatoms. The SMILES string of the molecule is CCCn1c(C)cc(/C=C(\C#N)C(=O)N2CCN(CC(=O)Nc3ccccc3Cl)CC2)c1C. The number of nitriles is 1. The lowest BCUT2D eigenvalue weighted by Crippen LogP contribution is -2.50. The van der Waals surface area contributed by atoms with Gasteiger partial charge < -0.3 is 14.8 Å². The van der Waals surface area contributed by atoms with Gasteiger partial charge in [-0.2, -0.15) is 5.26 Å². The van der Waals surface area contributed by atoms with Crippen molar-refractivity contribution >= 4 is 35.2 Å². The largest absolute Gasteiger partial charge is 0.349 e. The summed E-state index contributed by atoms with van der Waals surface area (Å²) in [6.07, 6.45) is 2.71. The van der Waals surface area contributed by atoms with Gasteiger partial charge >= 0.3 is 0 Å². The van der Waals surface area contributed by atoms with E-state index in [0.717, 1.165) is 29.9 Å². The number of hydrogen-bond acceptors (Lipinski definition) is 4. The highest BCUT2D eigenvalue weighted by Gasteiger charge is 2.25. The van der Waals surface area contributed by atoms with Gasteiger partial charge in [0.15, 0.2) is 0 Å². The Bertz CT molecular complexity index is 1090. The number of carbonyl (C=O) groups is 2. The van der Waals surface area contributed by atoms with Crippen molar-refractivity contribution in [1.29, 1.82) is 5.26 Å². The van der Waals surface area contributed by atoms with Crippen LogP contribution in [0, 0.1) is 25.2 Å². The summed E-state index contributed by atoms with van der Waals surface area (Å²) in [5.74, 6) is -0.416. The van der Waals surface area contributed by atoms with E-state index in [1.807, 2.05) is 30.9 Å². The van der Waals surface area contributed by atoms with Crippen molar-refractivity contribution in [1.82, 2.24) is 14.4 Å². The van der Waals surface area contributed by atoms with E-state index < -0.39 is 0 Å². The molecule has 0 unspecified atom stereocenters. The zero-order valence-electron chi connectivity index (χ0n) is 19.4. The van der Waals surface area contributed by atoms with E-state index >= 15 is 0 Å². The molecule has 2 heterocycles. The van der Waals surface area contributed by atoms with Gasteiger partial charge in [-0.15, -0.1) is 0 Å². The Morgan fingerprint density at radius 2 is 1.88 bits per heavy atom. The van der Waals surface area contributed by atoms with Gasteiger partial charge in [-0.25, -0.2) is 0 Å². The normalized spacial score (nSPS) is 14.8. The zero-order chi connectivity index (χ0) is 24.0. The van der Waals surface area contributed by atoms with Gasteiger partial charge in [0.1, 0.15) is 11.6 Å². The Morgan fingerprint density at radius 1 is 1.18 bits per heavy atom. The lowest BCUT2D eigenvalue weighted by Gasteiger charge is -2.34. The first-order chi connectivity index (χ1) is 15.8. The molecule has 7 nitrogen and oxygen atoms in total. The van der Waals surface area contributed by atoms with Crippen LogP contribution >= 0.6 is 11.6 Å². The molecule has 1 aromatic carbocycles. The predicted molar refractivity (Wildman–Crippen MR) is 131 cm³/mol. The third-order valence-corrected chi connectivity index (χ3v) is 6.21. The third-order valence-electron chi connectivity index (χ3n) is 5.89. The fourth-order valence-corrected chi connectivity index (χ4v) is 4.26. The van der Waals surface area contributed by atoms with Gasteiger partial charge in [0.05, 0.1) is 17.3 Å². The maximum absolute atomic E-state index is 13.0. The number of carbonyl (C=O) groups excluding carboxylic acids is 2. The van der Waals surface area contributed by atoms with Gasteiger partial charge in [0.25, 0.3) is 5.91 Å². The lowest BCUT2D eigenvalue weighted by molar-refractivity contribution is -0.128. The number of nitrogens with zero attached hydrogens (tertiary/aromatic N) is 4. The topological polar surface area (TPSA) is 81.4 Å². The molecule has 0 aliphatic carbocycles. The number of halogens is 1. The van der Waals surface area contributed by atoms with E-state index in [1.54, 1.807) is 29.2 Å². The molecule has 3 rings (SSSR count). The summed E-state index contributed by atoms with van der Waals surface area (Å²) in [5, 5.41) is 13.0. The number of piperazine rings is 1. The summed E-state index contributed by atoms with van der Waals surface area (Å²) in [6.45, 7) is 9.36. The minimum Gasteiger partial charge on any atom is -0.349 e. The van der Waals surface area contributed by atoms with Crippen LogP contribution in [0.15, 0.2) is 35.9 Å². The Morgan fingerprint density at radius 3 is 2.52 bits per heavy atom. The van der Waals surface area contributed by atoms with Gasteiger partial charge in [0.2, 0.25) is 5.91 Å². The molecule has 1 N–H and O–H groups in total. The predicted octanol–water partition coefficient (Wildman–Crippen LogP) is 3.86. The van der Waals surface area contributed by atoms with Crippen molar-refractivity contribution in [3.05, 3.63) is 57.9 Å². The Labute approximate surface area is 200 Å². The van der Waals surface area contributed by atoms with Crippen LogP contribution in [0.25, 0.3) is 6.08 Å². The fraction of sp³-hybridized carbons (Fsp3) is 0.400. The summed E-state index contributed by atoms with van der Waals surface area (Å²) in [5.41, 5.74) is 3.80. The van der Waals surface area contributed by atoms with Crippen LogP contribution in [0.4, 0.5) is 5.69 Å². The van der Waals surface area contributed by atoms with Gasteiger partial charge in [-0.1, -0.05) is 30.7 Å². The molecule has 2 amide bonds. The number of benzene rings is 1. The Kier molecular flexibility index (Phi) is 8.32. The maximum Gasteiger partial charge on any atom is 0.264 e. The number of aromatic nitrogens is 1. The van der Waals surface area contributed by atoms with Crippen LogP contribution in [0.1, 0.15) is 30.3 Å². The molecular weight excluding hydrogens is 438 g/mol. The van der Waals surface area contributed by atoms with Crippen LogP contribution in [0.5, 0.6) is 0 Å². The number of para-hydroxylation sites is 1. The van der Waals surface area contributed by atoms with Crippen LogP contribution in [-0.2, 0) is 16.1 Å². The van der Waals surface area contributed by atoms with E-state index in [4.69, 9.17) is 11.6 Å². The molecule has 0 spiro atoms. The van der Waals surface area contributed by atoms with Gasteiger partial charge in [0, 0.05) is 44.1 Å².